The first-order chi connectivity index (χ1) is 13.0. The first-order valence-corrected chi connectivity index (χ1v) is 27.4. The summed E-state index contributed by atoms with van der Waals surface area (Å²) in [4.78, 5) is 0. The molecule has 8 unspecified atom stereocenters. The van der Waals surface area contributed by atoms with E-state index >= 15 is 0 Å². The summed E-state index contributed by atoms with van der Waals surface area (Å²) in [5.74, 6) is 0. The van der Waals surface area contributed by atoms with Crippen LogP contribution >= 0.6 is 0 Å². The van der Waals surface area contributed by atoms with Crippen molar-refractivity contribution in [1.29, 1.82) is 0 Å². The Morgan fingerprint density at radius 1 is 0.345 bits per heavy atom. The van der Waals surface area contributed by atoms with Crippen LogP contribution in [0.15, 0.2) is 0 Å². The highest BCUT2D eigenvalue weighted by Gasteiger charge is 2.92. The summed E-state index contributed by atoms with van der Waals surface area (Å²) >= 11 is 0. The summed E-state index contributed by atoms with van der Waals surface area (Å²) in [6.45, 7) is 14.5. The molecule has 0 saturated carbocycles. The SMILES string of the molecule is C[Si]12OC34O[Si]5(C)O[Si]6(C)O[Si](C)(O1)O[Si](C)(O5)O[Si]3(C)O[Si]4(C)O[Si](C)(O2)O6. The summed E-state index contributed by atoms with van der Waals surface area (Å²) in [5, 5.41) is -1.28. The minimum Gasteiger partial charge on any atom is -0.410 e. The number of fused-ring (bicyclic) bond motifs is 6. The van der Waals surface area contributed by atoms with Gasteiger partial charge in [0.15, 0.2) is 0 Å². The van der Waals surface area contributed by atoms with Gasteiger partial charge in [-0.3, -0.25) is 0 Å². The van der Waals surface area contributed by atoms with E-state index in [4.69, 9.17) is 50.0 Å². The second kappa shape index (κ2) is 5.16. The highest BCUT2D eigenvalue weighted by Crippen LogP contribution is 2.60. The highest BCUT2D eigenvalue weighted by molar-refractivity contribution is 7.10. The molecule has 5 rings (SSSR count). The van der Waals surface area contributed by atoms with E-state index in [1.54, 1.807) is 39.3 Å². The molecule has 164 valence electrons. The number of hydrogen-bond donors (Lipinski definition) is 0. The van der Waals surface area contributed by atoms with Crippen LogP contribution in [0.1, 0.15) is 0 Å². The predicted molar refractivity (Wildman–Crippen MR) is 109 cm³/mol. The lowest BCUT2D eigenvalue weighted by Gasteiger charge is -2.61. The molecule has 5 saturated heterocycles. The zero-order chi connectivity index (χ0) is 21.0. The summed E-state index contributed by atoms with van der Waals surface area (Å²) < 4.78 is 78.4. The van der Waals surface area contributed by atoms with Crippen molar-refractivity contribution in [2.24, 2.45) is 0 Å². The Balaban J connectivity index is 1.71. The van der Waals surface area contributed by atoms with Crippen LogP contribution in [0.2, 0.25) is 52.4 Å². The molecule has 0 aromatic carbocycles. The summed E-state index contributed by atoms with van der Waals surface area (Å²) in [7, 11) is -26.8. The minimum absolute atomic E-state index is 1.28. The third kappa shape index (κ3) is 2.61. The Morgan fingerprint density at radius 2 is 0.621 bits per heavy atom. The smallest absolute Gasteiger partial charge is 0.410 e. The largest absolute Gasteiger partial charge is 0.484 e. The van der Waals surface area contributed by atoms with E-state index in [2.05, 4.69) is 0 Å². The van der Waals surface area contributed by atoms with E-state index in [9.17, 15) is 0 Å². The van der Waals surface area contributed by atoms with Crippen LogP contribution in [0.4, 0.5) is 0 Å². The standard InChI is InChI=1S/C9H24O12Si8/c1-22-9-10-24(3)15-26(5,13-22)19-28(7)18-25(4,11-9)16-27(6,14-23(9,2)12-22)20-29(8,17-24)21-28/h1-8H3. The van der Waals surface area contributed by atoms with Crippen molar-refractivity contribution in [2.45, 2.75) is 57.4 Å². The fourth-order valence-corrected chi connectivity index (χ4v) is 54.6. The zero-order valence-corrected chi connectivity index (χ0v) is 25.4. The van der Waals surface area contributed by atoms with Crippen molar-refractivity contribution in [3.63, 3.8) is 0 Å². The molecule has 1 spiro atoms. The van der Waals surface area contributed by atoms with Gasteiger partial charge in [0.05, 0.1) is 0 Å². The molecule has 5 aliphatic rings. The molecule has 0 aromatic rings. The molecular formula is C9H24O12Si8. The van der Waals surface area contributed by atoms with Crippen molar-refractivity contribution in [3.8, 4) is 0 Å². The second-order valence-electron chi connectivity index (χ2n) is 8.91. The third-order valence-electron chi connectivity index (χ3n) is 5.60. The van der Waals surface area contributed by atoms with Crippen molar-refractivity contribution < 1.29 is 50.0 Å². The Labute approximate surface area is 177 Å². The van der Waals surface area contributed by atoms with Crippen LogP contribution in [-0.4, -0.2) is 75.0 Å². The van der Waals surface area contributed by atoms with Gasteiger partial charge in [0.1, 0.15) is 0 Å². The van der Waals surface area contributed by atoms with E-state index in [-0.39, 0.29) is 0 Å². The molecule has 0 radical (unpaired) electrons. The van der Waals surface area contributed by atoms with Crippen molar-refractivity contribution >= 4 is 69.9 Å². The van der Waals surface area contributed by atoms with E-state index in [0.717, 1.165) is 0 Å². The van der Waals surface area contributed by atoms with E-state index < -0.39 is 75.0 Å². The molecule has 0 aromatic heterocycles. The predicted octanol–water partition coefficient (Wildman–Crippen LogP) is 0.598. The Morgan fingerprint density at radius 3 is 0.966 bits per heavy atom. The first-order valence-electron chi connectivity index (χ1n) is 9.40. The normalized spacial score (nSPS) is 70.3. The average molecular weight is 549 g/mol. The molecule has 12 nitrogen and oxygen atoms in total. The summed E-state index contributed by atoms with van der Waals surface area (Å²) in [6.07, 6.45) is 0. The maximum Gasteiger partial charge on any atom is 0.484 e. The van der Waals surface area contributed by atoms with Gasteiger partial charge in [-0.25, -0.2) is 0 Å². The van der Waals surface area contributed by atoms with Crippen LogP contribution in [0.25, 0.3) is 0 Å². The summed E-state index contributed by atoms with van der Waals surface area (Å²) in [6, 6.07) is 0. The minimum atomic E-state index is -3.43. The first kappa shape index (κ1) is 20.8. The molecular weight excluding hydrogens is 525 g/mol. The number of hydrogen-bond acceptors (Lipinski definition) is 12. The van der Waals surface area contributed by atoms with Crippen LogP contribution < -0.4 is 0 Å². The number of rotatable bonds is 0. The maximum absolute atomic E-state index is 6.71. The lowest BCUT2D eigenvalue weighted by Crippen LogP contribution is -2.92. The van der Waals surface area contributed by atoms with Crippen LogP contribution in [0, 0.1) is 0 Å². The van der Waals surface area contributed by atoms with Gasteiger partial charge in [-0.05, 0) is 13.1 Å². The average Bonchev–Trinajstić information content (AvgIpc) is 2.44. The molecule has 8 atom stereocenters. The molecule has 5 fully saturated rings. The Bertz CT molecular complexity index is 777. The molecule has 20 heteroatoms. The molecule has 0 N–H and O–H groups in total. The maximum atomic E-state index is 6.71. The highest BCUT2D eigenvalue weighted by atomic mass is 28.6. The van der Waals surface area contributed by atoms with Gasteiger partial charge in [0, 0.05) is 39.3 Å². The van der Waals surface area contributed by atoms with Crippen molar-refractivity contribution in [3.05, 3.63) is 0 Å². The fraction of sp³-hybridized carbons (Fsp3) is 1.00. The monoisotopic (exact) mass is 548 g/mol. The van der Waals surface area contributed by atoms with Crippen LogP contribution in [-0.2, 0) is 50.0 Å². The van der Waals surface area contributed by atoms with Gasteiger partial charge >= 0.3 is 69.9 Å². The third-order valence-corrected chi connectivity index (χ3v) is 43.2. The van der Waals surface area contributed by atoms with Crippen LogP contribution in [0.3, 0.4) is 0 Å². The van der Waals surface area contributed by atoms with Gasteiger partial charge in [-0.2, -0.15) is 0 Å². The fourth-order valence-electron chi connectivity index (χ4n) is 5.40. The van der Waals surface area contributed by atoms with Gasteiger partial charge in [0.2, 0.25) is 5.03 Å². The van der Waals surface area contributed by atoms with Gasteiger partial charge < -0.3 is 50.0 Å². The van der Waals surface area contributed by atoms with Gasteiger partial charge in [0.25, 0.3) is 0 Å². The van der Waals surface area contributed by atoms with Crippen molar-refractivity contribution in [1.82, 2.24) is 0 Å². The van der Waals surface area contributed by atoms with Gasteiger partial charge in [-0.1, -0.05) is 0 Å². The molecule has 5 heterocycles. The van der Waals surface area contributed by atoms with E-state index in [1.807, 2.05) is 13.1 Å². The Hall–Kier alpha value is 1.26. The topological polar surface area (TPSA) is 111 Å². The quantitative estimate of drug-likeness (QED) is 0.395. The molecule has 29 heavy (non-hydrogen) atoms. The van der Waals surface area contributed by atoms with E-state index in [1.165, 1.54) is 0 Å². The molecule has 6 bridgehead atoms. The Kier molecular flexibility index (Phi) is 3.71. The zero-order valence-electron chi connectivity index (χ0n) is 17.4. The molecule has 0 aliphatic carbocycles. The summed E-state index contributed by atoms with van der Waals surface area (Å²) in [5.41, 5.74) is 0. The molecule has 5 aliphatic heterocycles. The van der Waals surface area contributed by atoms with Crippen molar-refractivity contribution in [2.75, 3.05) is 0 Å². The van der Waals surface area contributed by atoms with Crippen LogP contribution in [0.5, 0.6) is 0 Å². The van der Waals surface area contributed by atoms with Gasteiger partial charge in [-0.15, -0.1) is 0 Å². The lowest BCUT2D eigenvalue weighted by molar-refractivity contribution is -0.115. The van der Waals surface area contributed by atoms with E-state index in [0.29, 0.717) is 0 Å². The lowest BCUT2D eigenvalue weighted by atomic mass is 11.4. The molecule has 0 amide bonds. The second-order valence-corrected chi connectivity index (χ2v) is 33.4.